The van der Waals surface area contributed by atoms with Gasteiger partial charge in [-0.2, -0.15) is 0 Å². The van der Waals surface area contributed by atoms with Gasteiger partial charge in [0.05, 0.1) is 17.2 Å². The van der Waals surface area contributed by atoms with E-state index in [0.29, 0.717) is 22.6 Å². The third kappa shape index (κ3) is 5.98. The maximum absolute atomic E-state index is 12.0. The van der Waals surface area contributed by atoms with Gasteiger partial charge in [0.1, 0.15) is 12.2 Å². The molecule has 0 spiro atoms. The zero-order valence-electron chi connectivity index (χ0n) is 23.2. The molecule has 3 aromatic carbocycles. The van der Waals surface area contributed by atoms with Crippen LogP contribution in [0.1, 0.15) is 65.5 Å². The Morgan fingerprint density at radius 3 is 2.24 bits per heavy atom. The van der Waals surface area contributed by atoms with Gasteiger partial charge >= 0.3 is 5.97 Å². The van der Waals surface area contributed by atoms with Gasteiger partial charge in [-0.05, 0) is 67.0 Å². The first-order valence-corrected chi connectivity index (χ1v) is 14.0. The number of aromatic nitrogens is 2. The third-order valence-corrected chi connectivity index (χ3v) is 7.63. The molecule has 1 aliphatic rings. The SMILES string of the molecule is Cc1noc(-c2ccc(-c3ccc(C(C)OC(=O)C4CC4)cc3)cc2)c1C(O)c1cncc(Cc2ccccc2)c1. The Morgan fingerprint density at radius 1 is 0.902 bits per heavy atom. The van der Waals surface area contributed by atoms with Crippen molar-refractivity contribution in [1.29, 1.82) is 0 Å². The number of hydrogen-bond acceptors (Lipinski definition) is 6. The van der Waals surface area contributed by atoms with Crippen LogP contribution in [-0.2, 0) is 16.0 Å². The van der Waals surface area contributed by atoms with Crippen LogP contribution in [0.5, 0.6) is 0 Å². The number of aliphatic hydroxyl groups excluding tert-OH is 1. The van der Waals surface area contributed by atoms with Crippen LogP contribution in [0.15, 0.2) is 102 Å². The fourth-order valence-electron chi connectivity index (χ4n) is 5.08. The molecule has 1 saturated carbocycles. The molecule has 2 unspecified atom stereocenters. The fraction of sp³-hybridized carbons (Fsp3) is 0.229. The molecule has 41 heavy (non-hydrogen) atoms. The molecule has 2 atom stereocenters. The van der Waals surface area contributed by atoms with Crippen LogP contribution in [0, 0.1) is 12.8 Å². The first-order valence-electron chi connectivity index (χ1n) is 14.0. The van der Waals surface area contributed by atoms with E-state index in [1.54, 1.807) is 6.20 Å². The normalized spacial score (nSPS) is 14.4. The van der Waals surface area contributed by atoms with Gasteiger partial charge < -0.3 is 14.4 Å². The van der Waals surface area contributed by atoms with Gasteiger partial charge in [0, 0.05) is 23.5 Å². The zero-order valence-corrected chi connectivity index (χ0v) is 23.2. The summed E-state index contributed by atoms with van der Waals surface area (Å²) in [4.78, 5) is 16.4. The number of carbonyl (C=O) groups is 1. The molecule has 5 aromatic rings. The van der Waals surface area contributed by atoms with E-state index >= 15 is 0 Å². The zero-order chi connectivity index (χ0) is 28.3. The van der Waals surface area contributed by atoms with E-state index in [9.17, 15) is 9.90 Å². The summed E-state index contributed by atoms with van der Waals surface area (Å²) in [6.45, 7) is 3.75. The van der Waals surface area contributed by atoms with Gasteiger partial charge in [-0.25, -0.2) is 0 Å². The number of nitrogens with zero attached hydrogens (tertiary/aromatic N) is 2. The highest BCUT2D eigenvalue weighted by Crippen LogP contribution is 2.36. The lowest BCUT2D eigenvalue weighted by Gasteiger charge is -2.14. The summed E-state index contributed by atoms with van der Waals surface area (Å²) >= 11 is 0. The standard InChI is InChI=1S/C35H32N2O4/c1-22-32(33(38)31-19-25(20-36-21-31)18-24-6-4-3-5-7-24)34(41-37-22)29-14-12-28(13-15-29)27-10-8-26(9-11-27)23(2)40-35(39)30-16-17-30/h3-15,19-21,23,30,33,38H,16-18H2,1-2H3. The molecule has 6 rings (SSSR count). The molecule has 1 fully saturated rings. The number of ether oxygens (including phenoxy) is 1. The lowest BCUT2D eigenvalue weighted by molar-refractivity contribution is -0.150. The van der Waals surface area contributed by atoms with E-state index in [0.717, 1.165) is 47.1 Å². The molecule has 6 heteroatoms. The summed E-state index contributed by atoms with van der Waals surface area (Å²) in [6.07, 6.45) is 4.93. The average Bonchev–Trinajstić information content (AvgIpc) is 3.79. The Balaban J connectivity index is 1.19. The molecule has 206 valence electrons. The average molecular weight is 545 g/mol. The molecule has 0 aliphatic heterocycles. The van der Waals surface area contributed by atoms with Gasteiger partial charge in [-0.3, -0.25) is 9.78 Å². The molecule has 0 saturated heterocycles. The Bertz CT molecular complexity index is 1640. The van der Waals surface area contributed by atoms with Gasteiger partial charge in [-0.1, -0.05) is 84.0 Å². The second kappa shape index (κ2) is 11.5. The summed E-state index contributed by atoms with van der Waals surface area (Å²) in [5, 5.41) is 15.6. The van der Waals surface area contributed by atoms with Gasteiger partial charge in [0.2, 0.25) is 0 Å². The van der Waals surface area contributed by atoms with Crippen molar-refractivity contribution in [3.63, 3.8) is 0 Å². The lowest BCUT2D eigenvalue weighted by atomic mass is 9.95. The quantitative estimate of drug-likeness (QED) is 0.195. The number of aliphatic hydroxyl groups is 1. The van der Waals surface area contributed by atoms with E-state index < -0.39 is 6.10 Å². The third-order valence-electron chi connectivity index (χ3n) is 7.63. The molecule has 2 heterocycles. The molecular formula is C35H32N2O4. The van der Waals surface area contributed by atoms with Crippen LogP contribution in [0.25, 0.3) is 22.5 Å². The lowest BCUT2D eigenvalue weighted by Crippen LogP contribution is -2.10. The van der Waals surface area contributed by atoms with Crippen molar-refractivity contribution in [2.24, 2.45) is 5.92 Å². The number of rotatable bonds is 9. The van der Waals surface area contributed by atoms with Crippen molar-refractivity contribution < 1.29 is 19.2 Å². The highest BCUT2D eigenvalue weighted by molar-refractivity contribution is 5.75. The van der Waals surface area contributed by atoms with Crippen LogP contribution in [-0.4, -0.2) is 21.2 Å². The van der Waals surface area contributed by atoms with E-state index in [-0.39, 0.29) is 18.0 Å². The van der Waals surface area contributed by atoms with Crippen molar-refractivity contribution in [2.75, 3.05) is 0 Å². The monoisotopic (exact) mass is 544 g/mol. The van der Waals surface area contributed by atoms with Crippen LogP contribution in [0.3, 0.4) is 0 Å². The number of carbonyl (C=O) groups excluding carboxylic acids is 1. The van der Waals surface area contributed by atoms with Gasteiger partial charge in [0.25, 0.3) is 0 Å². The molecule has 0 amide bonds. The second-order valence-electron chi connectivity index (χ2n) is 10.8. The molecular weight excluding hydrogens is 512 g/mol. The maximum Gasteiger partial charge on any atom is 0.309 e. The Labute approximate surface area is 239 Å². The van der Waals surface area contributed by atoms with Gasteiger partial charge in [-0.15, -0.1) is 0 Å². The van der Waals surface area contributed by atoms with Crippen LogP contribution in [0.4, 0.5) is 0 Å². The first kappa shape index (κ1) is 26.7. The Hall–Kier alpha value is -4.55. The van der Waals surface area contributed by atoms with E-state index in [4.69, 9.17) is 9.26 Å². The summed E-state index contributed by atoms with van der Waals surface area (Å²) in [5.41, 5.74) is 8.06. The first-order chi connectivity index (χ1) is 20.0. The highest BCUT2D eigenvalue weighted by atomic mass is 16.5. The number of pyridine rings is 1. The van der Waals surface area contributed by atoms with Crippen LogP contribution < -0.4 is 0 Å². The summed E-state index contributed by atoms with van der Waals surface area (Å²) < 4.78 is 11.3. The molecule has 1 N–H and O–H groups in total. The Kier molecular flexibility index (Phi) is 7.49. The number of esters is 1. The number of aryl methyl sites for hydroxylation is 1. The summed E-state index contributed by atoms with van der Waals surface area (Å²) in [6, 6.07) is 28.3. The minimum atomic E-state index is -0.928. The summed E-state index contributed by atoms with van der Waals surface area (Å²) in [7, 11) is 0. The van der Waals surface area contributed by atoms with Crippen molar-refractivity contribution in [1.82, 2.24) is 10.1 Å². The highest BCUT2D eigenvalue weighted by Gasteiger charge is 2.32. The van der Waals surface area contributed by atoms with Crippen molar-refractivity contribution in [3.05, 3.63) is 131 Å². The van der Waals surface area contributed by atoms with Crippen molar-refractivity contribution in [3.8, 4) is 22.5 Å². The number of benzene rings is 3. The minimum Gasteiger partial charge on any atom is -0.458 e. The molecule has 2 aromatic heterocycles. The molecule has 0 bridgehead atoms. The number of hydrogen-bond donors (Lipinski definition) is 1. The largest absolute Gasteiger partial charge is 0.458 e. The van der Waals surface area contributed by atoms with E-state index in [1.807, 2.05) is 92.8 Å². The topological polar surface area (TPSA) is 85.5 Å². The fourth-order valence-corrected chi connectivity index (χ4v) is 5.08. The van der Waals surface area contributed by atoms with Crippen molar-refractivity contribution in [2.45, 2.75) is 45.3 Å². The molecule has 0 radical (unpaired) electrons. The minimum absolute atomic E-state index is 0.0893. The van der Waals surface area contributed by atoms with Crippen LogP contribution >= 0.6 is 0 Å². The molecule has 6 nitrogen and oxygen atoms in total. The summed E-state index contributed by atoms with van der Waals surface area (Å²) in [5.74, 6) is 0.531. The van der Waals surface area contributed by atoms with Crippen LogP contribution in [0.2, 0.25) is 0 Å². The molecule has 1 aliphatic carbocycles. The van der Waals surface area contributed by atoms with Gasteiger partial charge in [0.15, 0.2) is 5.76 Å². The predicted octanol–water partition coefficient (Wildman–Crippen LogP) is 7.40. The van der Waals surface area contributed by atoms with E-state index in [1.165, 1.54) is 5.56 Å². The Morgan fingerprint density at radius 2 is 1.56 bits per heavy atom. The smallest absolute Gasteiger partial charge is 0.309 e. The maximum atomic E-state index is 12.0. The predicted molar refractivity (Wildman–Crippen MR) is 157 cm³/mol. The van der Waals surface area contributed by atoms with E-state index in [2.05, 4.69) is 22.3 Å². The van der Waals surface area contributed by atoms with Crippen molar-refractivity contribution >= 4 is 5.97 Å². The second-order valence-corrected chi connectivity index (χ2v) is 10.8.